The molecule has 1 unspecified atom stereocenters. The number of Topliss-reactive ketones (excluding diaryl/α,β-unsaturated/α-hetero) is 1. The van der Waals surface area contributed by atoms with Gasteiger partial charge in [-0.05, 0) is 11.6 Å². The number of methoxy groups -OCH3 is 1. The van der Waals surface area contributed by atoms with Crippen LogP contribution in [-0.2, 0) is 16.0 Å². The molecule has 1 aromatic carbocycles. The van der Waals surface area contributed by atoms with E-state index in [1.165, 1.54) is 7.11 Å². The second-order valence-electron chi connectivity index (χ2n) is 4.24. The Morgan fingerprint density at radius 3 is 2.68 bits per heavy atom. The highest BCUT2D eigenvalue weighted by Crippen LogP contribution is 2.20. The Morgan fingerprint density at radius 1 is 1.32 bits per heavy atom. The Bertz CT molecular complexity index is 555. The number of rotatable bonds is 5. The minimum Gasteiger partial charge on any atom is -0.398 e. The number of hydrogen-bond donors (Lipinski definition) is 1. The summed E-state index contributed by atoms with van der Waals surface area (Å²) >= 11 is 0. The second-order valence-corrected chi connectivity index (χ2v) is 4.24. The predicted molar refractivity (Wildman–Crippen MR) is 73.6 cm³/mol. The molecule has 0 fully saturated rings. The van der Waals surface area contributed by atoms with Crippen LogP contribution >= 0.6 is 0 Å². The van der Waals surface area contributed by atoms with Gasteiger partial charge in [0.1, 0.15) is 6.10 Å². The van der Waals surface area contributed by atoms with Crippen molar-refractivity contribution in [2.24, 2.45) is 0 Å². The minimum absolute atomic E-state index is 0.0339. The second kappa shape index (κ2) is 6.11. The zero-order chi connectivity index (χ0) is 13.7. The highest BCUT2D eigenvalue weighted by atomic mass is 16.5. The zero-order valence-electron chi connectivity index (χ0n) is 10.7. The topological polar surface area (TPSA) is 65.2 Å². The molecular formula is C15H16N2O2. The van der Waals surface area contributed by atoms with Gasteiger partial charge in [-0.2, -0.15) is 0 Å². The summed E-state index contributed by atoms with van der Waals surface area (Å²) in [4.78, 5) is 16.3. The summed E-state index contributed by atoms with van der Waals surface area (Å²) in [5.74, 6) is -0.0339. The number of hydrogen-bond acceptors (Lipinski definition) is 4. The summed E-state index contributed by atoms with van der Waals surface area (Å²) in [7, 11) is 1.53. The number of pyridine rings is 1. The van der Waals surface area contributed by atoms with Gasteiger partial charge in [-0.15, -0.1) is 0 Å². The van der Waals surface area contributed by atoms with Gasteiger partial charge in [0.2, 0.25) is 0 Å². The first-order valence-electron chi connectivity index (χ1n) is 6.01. The molecule has 1 aromatic heterocycles. The van der Waals surface area contributed by atoms with Crippen LogP contribution in [-0.4, -0.2) is 17.9 Å². The van der Waals surface area contributed by atoms with Crippen molar-refractivity contribution < 1.29 is 9.53 Å². The van der Waals surface area contributed by atoms with E-state index in [4.69, 9.17) is 10.5 Å². The van der Waals surface area contributed by atoms with Crippen molar-refractivity contribution in [2.75, 3.05) is 12.8 Å². The molecule has 0 saturated carbocycles. The van der Waals surface area contributed by atoms with Crippen LogP contribution in [0.2, 0.25) is 0 Å². The molecule has 2 rings (SSSR count). The summed E-state index contributed by atoms with van der Waals surface area (Å²) < 4.78 is 5.30. The minimum atomic E-state index is -0.569. The predicted octanol–water partition coefficient (Wildman–Crippen LogP) is 2.16. The number of anilines is 1. The van der Waals surface area contributed by atoms with E-state index in [1.54, 1.807) is 18.5 Å². The van der Waals surface area contributed by atoms with E-state index in [1.807, 2.05) is 30.3 Å². The summed E-state index contributed by atoms with van der Waals surface area (Å²) in [5.41, 5.74) is 7.96. The average molecular weight is 256 g/mol. The Hall–Kier alpha value is -2.20. The summed E-state index contributed by atoms with van der Waals surface area (Å²) in [6, 6.07) is 11.1. The molecule has 2 aromatic rings. The molecule has 0 bridgehead atoms. The van der Waals surface area contributed by atoms with Gasteiger partial charge in [0, 0.05) is 37.2 Å². The maximum atomic E-state index is 12.3. The van der Waals surface area contributed by atoms with Crippen molar-refractivity contribution >= 4 is 11.5 Å². The van der Waals surface area contributed by atoms with Crippen molar-refractivity contribution in [3.8, 4) is 0 Å². The fourth-order valence-corrected chi connectivity index (χ4v) is 1.95. The van der Waals surface area contributed by atoms with Gasteiger partial charge < -0.3 is 10.5 Å². The molecule has 0 amide bonds. The third-order valence-electron chi connectivity index (χ3n) is 2.94. The lowest BCUT2D eigenvalue weighted by Gasteiger charge is -2.15. The van der Waals surface area contributed by atoms with Gasteiger partial charge >= 0.3 is 0 Å². The van der Waals surface area contributed by atoms with Crippen LogP contribution in [0.3, 0.4) is 0 Å². The maximum Gasteiger partial charge on any atom is 0.170 e. The molecule has 4 nitrogen and oxygen atoms in total. The Kier molecular flexibility index (Phi) is 4.26. The first-order valence-corrected chi connectivity index (χ1v) is 6.01. The fourth-order valence-electron chi connectivity index (χ4n) is 1.95. The van der Waals surface area contributed by atoms with Crippen LogP contribution < -0.4 is 5.73 Å². The Labute approximate surface area is 112 Å². The van der Waals surface area contributed by atoms with Crippen molar-refractivity contribution in [3.05, 3.63) is 59.9 Å². The maximum absolute atomic E-state index is 12.3. The van der Waals surface area contributed by atoms with E-state index in [2.05, 4.69) is 4.98 Å². The van der Waals surface area contributed by atoms with Gasteiger partial charge in [0.15, 0.2) is 5.78 Å². The molecule has 0 aliphatic rings. The number of ether oxygens (including phenoxy) is 1. The summed E-state index contributed by atoms with van der Waals surface area (Å²) in [6.45, 7) is 0. The number of ketones is 1. The van der Waals surface area contributed by atoms with Crippen LogP contribution in [0.5, 0.6) is 0 Å². The first kappa shape index (κ1) is 13.2. The zero-order valence-corrected chi connectivity index (χ0v) is 10.7. The van der Waals surface area contributed by atoms with Crippen molar-refractivity contribution in [1.29, 1.82) is 0 Å². The third-order valence-corrected chi connectivity index (χ3v) is 2.94. The lowest BCUT2D eigenvalue weighted by Crippen LogP contribution is -2.17. The number of carbonyl (C=O) groups excluding carboxylic acids is 1. The van der Waals surface area contributed by atoms with Gasteiger partial charge in [-0.25, -0.2) is 0 Å². The van der Waals surface area contributed by atoms with Crippen LogP contribution in [0.15, 0.2) is 48.8 Å². The summed E-state index contributed by atoms with van der Waals surface area (Å²) in [5, 5.41) is 0. The quantitative estimate of drug-likeness (QED) is 0.890. The molecule has 1 heterocycles. The number of aromatic nitrogens is 1. The number of nitrogens with zero attached hydrogens (tertiary/aromatic N) is 1. The van der Waals surface area contributed by atoms with Crippen LogP contribution in [0, 0.1) is 0 Å². The average Bonchev–Trinajstić information content (AvgIpc) is 2.43. The molecule has 4 heteroatoms. The molecule has 0 radical (unpaired) electrons. The molecule has 98 valence electrons. The van der Waals surface area contributed by atoms with Crippen LogP contribution in [0.25, 0.3) is 0 Å². The lowest BCUT2D eigenvalue weighted by atomic mass is 10.00. The number of nitrogen functional groups attached to an aromatic ring is 1. The molecule has 19 heavy (non-hydrogen) atoms. The van der Waals surface area contributed by atoms with Crippen molar-refractivity contribution in [3.63, 3.8) is 0 Å². The normalized spacial score (nSPS) is 12.1. The third kappa shape index (κ3) is 3.17. The number of nitrogens with two attached hydrogens (primary N) is 1. The Balaban J connectivity index is 2.17. The number of carbonyl (C=O) groups is 1. The molecule has 0 aliphatic heterocycles. The first-order chi connectivity index (χ1) is 9.22. The largest absolute Gasteiger partial charge is 0.398 e. The van der Waals surface area contributed by atoms with E-state index in [0.29, 0.717) is 5.69 Å². The SMILES string of the molecule is COC(C(=O)Cc1cnccc1N)c1ccccc1. The van der Waals surface area contributed by atoms with E-state index in [0.717, 1.165) is 11.1 Å². The van der Waals surface area contributed by atoms with E-state index >= 15 is 0 Å². The molecular weight excluding hydrogens is 240 g/mol. The lowest BCUT2D eigenvalue weighted by molar-refractivity contribution is -0.128. The molecule has 2 N–H and O–H groups in total. The number of benzene rings is 1. The van der Waals surface area contributed by atoms with Crippen LogP contribution in [0.1, 0.15) is 17.2 Å². The van der Waals surface area contributed by atoms with Crippen molar-refractivity contribution in [2.45, 2.75) is 12.5 Å². The van der Waals surface area contributed by atoms with E-state index in [9.17, 15) is 4.79 Å². The summed E-state index contributed by atoms with van der Waals surface area (Å²) in [6.07, 6.45) is 2.87. The molecule has 1 atom stereocenters. The fraction of sp³-hybridized carbons (Fsp3) is 0.200. The highest BCUT2D eigenvalue weighted by molar-refractivity contribution is 5.87. The van der Waals surface area contributed by atoms with E-state index in [-0.39, 0.29) is 12.2 Å². The van der Waals surface area contributed by atoms with Crippen LogP contribution in [0.4, 0.5) is 5.69 Å². The smallest absolute Gasteiger partial charge is 0.170 e. The van der Waals surface area contributed by atoms with Gasteiger partial charge in [0.25, 0.3) is 0 Å². The standard InChI is InChI=1S/C15H16N2O2/c1-19-15(11-5-3-2-4-6-11)14(18)9-12-10-17-8-7-13(12)16/h2-8,10,15H,9H2,1H3,(H2,16,17). The van der Waals surface area contributed by atoms with Gasteiger partial charge in [-0.1, -0.05) is 30.3 Å². The molecule has 0 saturated heterocycles. The monoisotopic (exact) mass is 256 g/mol. The highest BCUT2D eigenvalue weighted by Gasteiger charge is 2.20. The van der Waals surface area contributed by atoms with Gasteiger partial charge in [-0.3, -0.25) is 9.78 Å². The van der Waals surface area contributed by atoms with Crippen molar-refractivity contribution in [1.82, 2.24) is 4.98 Å². The van der Waals surface area contributed by atoms with E-state index < -0.39 is 6.10 Å². The van der Waals surface area contributed by atoms with Gasteiger partial charge in [0.05, 0.1) is 0 Å². The Morgan fingerprint density at radius 2 is 2.05 bits per heavy atom. The molecule has 0 spiro atoms. The molecule has 0 aliphatic carbocycles.